The second-order valence-electron chi connectivity index (χ2n) is 9.05. The van der Waals surface area contributed by atoms with Gasteiger partial charge in [-0.1, -0.05) is 42.5 Å². The van der Waals surface area contributed by atoms with Crippen LogP contribution in [0.2, 0.25) is 0 Å². The number of halogens is 1. The lowest BCUT2D eigenvalue weighted by molar-refractivity contribution is 0.0703. The summed E-state index contributed by atoms with van der Waals surface area (Å²) in [5.41, 5.74) is 2.50. The number of hydrogen-bond acceptors (Lipinski definition) is 4. The van der Waals surface area contributed by atoms with Crippen LogP contribution in [0.25, 0.3) is 0 Å². The minimum Gasteiger partial charge on any atom is -0.497 e. The zero-order chi connectivity index (χ0) is 26.0. The maximum absolute atomic E-state index is 13.4. The maximum atomic E-state index is 13.4. The van der Waals surface area contributed by atoms with Crippen LogP contribution >= 0.6 is 0 Å². The van der Waals surface area contributed by atoms with E-state index in [1.54, 1.807) is 48.4 Å². The van der Waals surface area contributed by atoms with Crippen molar-refractivity contribution in [2.24, 2.45) is 0 Å². The molecule has 0 aromatic heterocycles. The van der Waals surface area contributed by atoms with Crippen molar-refractivity contribution in [3.05, 3.63) is 101 Å². The first kappa shape index (κ1) is 26.2. The molecule has 194 valence electrons. The molecule has 1 N–H and O–H groups in total. The van der Waals surface area contributed by atoms with Gasteiger partial charge in [0.05, 0.1) is 7.11 Å². The SMILES string of the molecule is COc1ccc(C(=O)N(CCN2CCN(C(=O)NCc3ccccc3)CC2)Cc2ccc(F)cc2)cc1. The predicted molar refractivity (Wildman–Crippen MR) is 141 cm³/mol. The van der Waals surface area contributed by atoms with Gasteiger partial charge in [0.1, 0.15) is 11.6 Å². The molecular weight excluding hydrogens is 471 g/mol. The molecule has 0 radical (unpaired) electrons. The maximum Gasteiger partial charge on any atom is 0.317 e. The quantitative estimate of drug-likeness (QED) is 0.479. The zero-order valence-electron chi connectivity index (χ0n) is 21.1. The Morgan fingerprint density at radius 2 is 1.57 bits per heavy atom. The molecule has 0 aliphatic carbocycles. The summed E-state index contributed by atoms with van der Waals surface area (Å²) < 4.78 is 18.6. The number of benzene rings is 3. The van der Waals surface area contributed by atoms with Gasteiger partial charge in [-0.3, -0.25) is 9.69 Å². The van der Waals surface area contributed by atoms with Crippen molar-refractivity contribution < 1.29 is 18.7 Å². The Hall–Kier alpha value is -3.91. The summed E-state index contributed by atoms with van der Waals surface area (Å²) >= 11 is 0. The Balaban J connectivity index is 1.31. The van der Waals surface area contributed by atoms with Crippen LogP contribution < -0.4 is 10.1 Å². The van der Waals surface area contributed by atoms with Crippen molar-refractivity contribution in [1.82, 2.24) is 20.0 Å². The molecular formula is C29H33FN4O3. The minimum atomic E-state index is -0.303. The van der Waals surface area contributed by atoms with E-state index in [0.717, 1.165) is 24.2 Å². The van der Waals surface area contributed by atoms with Crippen LogP contribution in [0.15, 0.2) is 78.9 Å². The van der Waals surface area contributed by atoms with E-state index in [1.165, 1.54) is 12.1 Å². The smallest absolute Gasteiger partial charge is 0.317 e. The minimum absolute atomic E-state index is 0.0591. The number of nitrogens with zero attached hydrogens (tertiary/aromatic N) is 3. The van der Waals surface area contributed by atoms with Gasteiger partial charge in [-0.15, -0.1) is 0 Å². The van der Waals surface area contributed by atoms with Gasteiger partial charge in [0.25, 0.3) is 5.91 Å². The summed E-state index contributed by atoms with van der Waals surface area (Å²) in [6, 6.07) is 23.1. The second-order valence-corrected chi connectivity index (χ2v) is 9.05. The molecule has 0 bridgehead atoms. The number of carbonyl (C=O) groups excluding carboxylic acids is 2. The number of nitrogens with one attached hydrogen (secondary N) is 1. The van der Waals surface area contributed by atoms with Crippen LogP contribution in [0, 0.1) is 5.82 Å². The first-order chi connectivity index (χ1) is 18.0. The average molecular weight is 505 g/mol. The molecule has 1 heterocycles. The zero-order valence-corrected chi connectivity index (χ0v) is 21.1. The topological polar surface area (TPSA) is 65.1 Å². The normalized spacial score (nSPS) is 13.7. The first-order valence-corrected chi connectivity index (χ1v) is 12.5. The highest BCUT2D eigenvalue weighted by atomic mass is 19.1. The summed E-state index contributed by atoms with van der Waals surface area (Å²) in [6.45, 7) is 4.82. The van der Waals surface area contributed by atoms with E-state index < -0.39 is 0 Å². The molecule has 0 saturated carbocycles. The van der Waals surface area contributed by atoms with E-state index in [9.17, 15) is 14.0 Å². The van der Waals surface area contributed by atoms with E-state index in [-0.39, 0.29) is 17.8 Å². The van der Waals surface area contributed by atoms with Crippen molar-refractivity contribution in [3.8, 4) is 5.75 Å². The molecule has 1 saturated heterocycles. The fourth-order valence-corrected chi connectivity index (χ4v) is 4.30. The van der Waals surface area contributed by atoms with Crippen LogP contribution in [0.1, 0.15) is 21.5 Å². The van der Waals surface area contributed by atoms with E-state index in [1.807, 2.05) is 35.2 Å². The predicted octanol–water partition coefficient (Wildman–Crippen LogP) is 4.00. The van der Waals surface area contributed by atoms with Crippen LogP contribution in [0.4, 0.5) is 9.18 Å². The van der Waals surface area contributed by atoms with E-state index in [4.69, 9.17) is 4.74 Å². The third-order valence-electron chi connectivity index (χ3n) is 6.54. The van der Waals surface area contributed by atoms with E-state index >= 15 is 0 Å². The Kier molecular flexibility index (Phi) is 9.10. The average Bonchev–Trinajstić information content (AvgIpc) is 2.95. The number of urea groups is 1. The number of methoxy groups -OCH3 is 1. The van der Waals surface area contributed by atoms with Crippen molar-refractivity contribution in [2.45, 2.75) is 13.1 Å². The summed E-state index contributed by atoms with van der Waals surface area (Å²) in [7, 11) is 1.59. The first-order valence-electron chi connectivity index (χ1n) is 12.5. The van der Waals surface area contributed by atoms with Crippen molar-refractivity contribution in [1.29, 1.82) is 0 Å². The largest absolute Gasteiger partial charge is 0.497 e. The Morgan fingerprint density at radius 3 is 2.22 bits per heavy atom. The van der Waals surface area contributed by atoms with Gasteiger partial charge in [0, 0.05) is 57.9 Å². The fourth-order valence-electron chi connectivity index (χ4n) is 4.30. The van der Waals surface area contributed by atoms with Crippen LogP contribution in [0.3, 0.4) is 0 Å². The molecule has 37 heavy (non-hydrogen) atoms. The van der Waals surface area contributed by atoms with Gasteiger partial charge in [-0.05, 0) is 47.5 Å². The van der Waals surface area contributed by atoms with Crippen molar-refractivity contribution in [2.75, 3.05) is 46.4 Å². The van der Waals surface area contributed by atoms with Crippen LogP contribution in [-0.4, -0.2) is 73.0 Å². The summed E-state index contributed by atoms with van der Waals surface area (Å²) in [5, 5.41) is 2.99. The highest BCUT2D eigenvalue weighted by molar-refractivity contribution is 5.94. The molecule has 4 rings (SSSR count). The van der Waals surface area contributed by atoms with Crippen LogP contribution in [-0.2, 0) is 13.1 Å². The molecule has 0 spiro atoms. The Bertz CT molecular complexity index is 1150. The standard InChI is InChI=1S/C29H33FN4O3/c1-37-27-13-9-25(10-14-27)28(35)34(22-24-7-11-26(30)12-8-24)20-17-32-15-18-33(19-16-32)29(36)31-21-23-5-3-2-4-6-23/h2-14H,15-22H2,1H3,(H,31,36). The molecule has 3 amide bonds. The number of amides is 3. The van der Waals surface area contributed by atoms with Gasteiger partial charge >= 0.3 is 6.03 Å². The number of piperazine rings is 1. The molecule has 1 aliphatic heterocycles. The Morgan fingerprint density at radius 1 is 0.892 bits per heavy atom. The lowest BCUT2D eigenvalue weighted by Gasteiger charge is -2.36. The highest BCUT2D eigenvalue weighted by Crippen LogP contribution is 2.16. The van der Waals surface area contributed by atoms with E-state index in [0.29, 0.717) is 50.6 Å². The van der Waals surface area contributed by atoms with Gasteiger partial charge in [0.15, 0.2) is 0 Å². The molecule has 1 aliphatic rings. The van der Waals surface area contributed by atoms with Gasteiger partial charge < -0.3 is 19.9 Å². The lowest BCUT2D eigenvalue weighted by atomic mass is 10.1. The summed E-state index contributed by atoms with van der Waals surface area (Å²) in [5.74, 6) is 0.292. The molecule has 1 fully saturated rings. The molecule has 0 unspecified atom stereocenters. The van der Waals surface area contributed by atoms with Crippen molar-refractivity contribution in [3.63, 3.8) is 0 Å². The van der Waals surface area contributed by atoms with Crippen LogP contribution in [0.5, 0.6) is 5.75 Å². The Labute approximate surface area is 217 Å². The molecule has 3 aromatic rings. The number of carbonyl (C=O) groups is 2. The molecule has 7 nitrogen and oxygen atoms in total. The van der Waals surface area contributed by atoms with Crippen molar-refractivity contribution >= 4 is 11.9 Å². The van der Waals surface area contributed by atoms with Gasteiger partial charge in [-0.2, -0.15) is 0 Å². The monoisotopic (exact) mass is 504 g/mol. The number of hydrogen-bond donors (Lipinski definition) is 1. The molecule has 3 aromatic carbocycles. The number of rotatable bonds is 9. The second kappa shape index (κ2) is 12.9. The third-order valence-corrected chi connectivity index (χ3v) is 6.54. The molecule has 0 atom stereocenters. The van der Waals surface area contributed by atoms with Gasteiger partial charge in [0.2, 0.25) is 0 Å². The van der Waals surface area contributed by atoms with E-state index in [2.05, 4.69) is 10.2 Å². The lowest BCUT2D eigenvalue weighted by Crippen LogP contribution is -2.52. The van der Waals surface area contributed by atoms with Gasteiger partial charge in [-0.25, -0.2) is 9.18 Å². The molecule has 8 heteroatoms. The number of ether oxygens (including phenoxy) is 1. The fraction of sp³-hybridized carbons (Fsp3) is 0.310. The summed E-state index contributed by atoms with van der Waals surface area (Å²) in [6.07, 6.45) is 0. The third kappa shape index (κ3) is 7.54. The highest BCUT2D eigenvalue weighted by Gasteiger charge is 2.23. The summed E-state index contributed by atoms with van der Waals surface area (Å²) in [4.78, 5) is 31.8.